The fourth-order valence-electron chi connectivity index (χ4n) is 2.79. The standard InChI is InChI=1S/C21H24N4O2/c1-14(2)21(27)22-12-19-24-17-6-4-5-7-18(17)25(19)13-20(26)23-16-10-8-15(3)9-11-16/h4-11,14H,12-13H2,1-3H3,(H,22,27)(H,23,26). The molecule has 0 bridgehead atoms. The van der Waals surface area contributed by atoms with Crippen LogP contribution in [-0.2, 0) is 22.7 Å². The zero-order chi connectivity index (χ0) is 19.4. The van der Waals surface area contributed by atoms with Gasteiger partial charge in [0, 0.05) is 11.6 Å². The molecule has 0 saturated carbocycles. The van der Waals surface area contributed by atoms with Gasteiger partial charge in [0.1, 0.15) is 12.4 Å². The molecule has 0 fully saturated rings. The number of aromatic nitrogens is 2. The highest BCUT2D eigenvalue weighted by Crippen LogP contribution is 2.17. The van der Waals surface area contributed by atoms with E-state index in [-0.39, 0.29) is 30.8 Å². The quantitative estimate of drug-likeness (QED) is 0.705. The van der Waals surface area contributed by atoms with Gasteiger partial charge >= 0.3 is 0 Å². The summed E-state index contributed by atoms with van der Waals surface area (Å²) in [7, 11) is 0. The molecule has 1 heterocycles. The van der Waals surface area contributed by atoms with Gasteiger partial charge in [0.2, 0.25) is 11.8 Å². The van der Waals surface area contributed by atoms with E-state index >= 15 is 0 Å². The van der Waals surface area contributed by atoms with Crippen LogP contribution in [0.1, 0.15) is 25.2 Å². The summed E-state index contributed by atoms with van der Waals surface area (Å²) in [5, 5.41) is 5.78. The van der Waals surface area contributed by atoms with Crippen LogP contribution in [0.15, 0.2) is 48.5 Å². The largest absolute Gasteiger partial charge is 0.349 e. The molecule has 6 nitrogen and oxygen atoms in total. The number of hydrogen-bond donors (Lipinski definition) is 2. The van der Waals surface area contributed by atoms with Crippen molar-refractivity contribution in [3.05, 3.63) is 59.9 Å². The van der Waals surface area contributed by atoms with E-state index in [0.29, 0.717) is 5.82 Å². The van der Waals surface area contributed by atoms with Gasteiger partial charge in [0.15, 0.2) is 0 Å². The number of nitrogens with one attached hydrogen (secondary N) is 2. The molecular formula is C21H24N4O2. The lowest BCUT2D eigenvalue weighted by Gasteiger charge is -2.12. The van der Waals surface area contributed by atoms with Crippen LogP contribution >= 0.6 is 0 Å². The molecule has 0 unspecified atom stereocenters. The van der Waals surface area contributed by atoms with Crippen LogP contribution in [0, 0.1) is 12.8 Å². The average molecular weight is 364 g/mol. The number of carbonyl (C=O) groups is 2. The van der Waals surface area contributed by atoms with E-state index in [1.54, 1.807) is 0 Å². The van der Waals surface area contributed by atoms with Crippen molar-refractivity contribution in [3.63, 3.8) is 0 Å². The average Bonchev–Trinajstić information content (AvgIpc) is 2.99. The molecule has 0 saturated heterocycles. The molecule has 0 radical (unpaired) electrons. The van der Waals surface area contributed by atoms with Crippen LogP contribution in [0.5, 0.6) is 0 Å². The van der Waals surface area contributed by atoms with E-state index in [0.717, 1.165) is 22.3 Å². The van der Waals surface area contributed by atoms with E-state index < -0.39 is 0 Å². The highest BCUT2D eigenvalue weighted by molar-refractivity contribution is 5.91. The molecule has 0 aliphatic rings. The first-order valence-corrected chi connectivity index (χ1v) is 9.02. The van der Waals surface area contributed by atoms with Gasteiger partial charge in [-0.25, -0.2) is 4.98 Å². The Balaban J connectivity index is 1.80. The SMILES string of the molecule is Cc1ccc(NC(=O)Cn2c(CNC(=O)C(C)C)nc3ccccc32)cc1. The van der Waals surface area contributed by atoms with Crippen molar-refractivity contribution >= 4 is 28.5 Å². The number of hydrogen-bond acceptors (Lipinski definition) is 3. The maximum Gasteiger partial charge on any atom is 0.244 e. The minimum Gasteiger partial charge on any atom is -0.349 e. The van der Waals surface area contributed by atoms with Gasteiger partial charge in [-0.1, -0.05) is 43.7 Å². The number of amides is 2. The summed E-state index contributed by atoms with van der Waals surface area (Å²) in [5.41, 5.74) is 3.56. The van der Waals surface area contributed by atoms with Gasteiger partial charge in [0.25, 0.3) is 0 Å². The van der Waals surface area contributed by atoms with Crippen molar-refractivity contribution in [2.45, 2.75) is 33.9 Å². The van der Waals surface area contributed by atoms with Crippen LogP contribution in [-0.4, -0.2) is 21.4 Å². The van der Waals surface area contributed by atoms with E-state index in [1.807, 2.05) is 73.9 Å². The van der Waals surface area contributed by atoms with E-state index in [1.165, 1.54) is 0 Å². The first-order chi connectivity index (χ1) is 12.9. The van der Waals surface area contributed by atoms with E-state index in [2.05, 4.69) is 15.6 Å². The van der Waals surface area contributed by atoms with Crippen molar-refractivity contribution in [2.24, 2.45) is 5.92 Å². The number of benzene rings is 2. The van der Waals surface area contributed by atoms with Crippen LogP contribution in [0.4, 0.5) is 5.69 Å². The van der Waals surface area contributed by atoms with Crippen LogP contribution in [0.3, 0.4) is 0 Å². The smallest absolute Gasteiger partial charge is 0.244 e. The Labute approximate surface area is 158 Å². The van der Waals surface area contributed by atoms with Crippen molar-refractivity contribution in [1.82, 2.24) is 14.9 Å². The van der Waals surface area contributed by atoms with Gasteiger partial charge in [-0.05, 0) is 31.2 Å². The normalized spacial score (nSPS) is 11.0. The second kappa shape index (κ2) is 8.03. The molecular weight excluding hydrogens is 340 g/mol. The molecule has 3 rings (SSSR count). The highest BCUT2D eigenvalue weighted by Gasteiger charge is 2.15. The van der Waals surface area contributed by atoms with Crippen LogP contribution in [0.2, 0.25) is 0 Å². The Kier molecular flexibility index (Phi) is 5.54. The summed E-state index contributed by atoms with van der Waals surface area (Å²) in [5.74, 6) is 0.369. The maximum absolute atomic E-state index is 12.6. The number of imidazole rings is 1. The first kappa shape index (κ1) is 18.6. The lowest BCUT2D eigenvalue weighted by atomic mass is 10.2. The van der Waals surface area contributed by atoms with Crippen molar-refractivity contribution < 1.29 is 9.59 Å². The Bertz CT molecular complexity index is 958. The van der Waals surface area contributed by atoms with Gasteiger partial charge in [-0.15, -0.1) is 0 Å². The van der Waals surface area contributed by atoms with Crippen LogP contribution < -0.4 is 10.6 Å². The minimum absolute atomic E-state index is 0.0438. The second-order valence-corrected chi connectivity index (χ2v) is 6.89. The summed E-state index contributed by atoms with van der Waals surface area (Å²) >= 11 is 0. The lowest BCUT2D eigenvalue weighted by Crippen LogP contribution is -2.29. The van der Waals surface area contributed by atoms with Gasteiger partial charge in [-0.2, -0.15) is 0 Å². The lowest BCUT2D eigenvalue weighted by molar-refractivity contribution is -0.124. The number of anilines is 1. The van der Waals surface area contributed by atoms with E-state index in [4.69, 9.17) is 0 Å². The fraction of sp³-hybridized carbons (Fsp3) is 0.286. The predicted molar refractivity (Wildman–Crippen MR) is 106 cm³/mol. The number of aryl methyl sites for hydroxylation is 1. The topological polar surface area (TPSA) is 76.0 Å². The predicted octanol–water partition coefficient (Wildman–Crippen LogP) is 3.26. The van der Waals surface area contributed by atoms with Gasteiger partial charge in [0.05, 0.1) is 17.6 Å². The number of carbonyl (C=O) groups excluding carboxylic acids is 2. The molecule has 140 valence electrons. The fourth-order valence-corrected chi connectivity index (χ4v) is 2.79. The Hall–Kier alpha value is -3.15. The molecule has 2 amide bonds. The summed E-state index contributed by atoms with van der Waals surface area (Å²) in [6.45, 7) is 6.09. The molecule has 27 heavy (non-hydrogen) atoms. The Morgan fingerprint density at radius 1 is 1.07 bits per heavy atom. The number of nitrogens with zero attached hydrogens (tertiary/aromatic N) is 2. The van der Waals surface area contributed by atoms with Crippen molar-refractivity contribution in [3.8, 4) is 0 Å². The molecule has 3 aromatic rings. The maximum atomic E-state index is 12.6. The molecule has 2 N–H and O–H groups in total. The molecule has 0 atom stereocenters. The molecule has 0 aliphatic heterocycles. The third kappa shape index (κ3) is 4.53. The zero-order valence-corrected chi connectivity index (χ0v) is 15.8. The number of para-hydroxylation sites is 2. The van der Waals surface area contributed by atoms with Crippen molar-refractivity contribution in [1.29, 1.82) is 0 Å². The third-order valence-corrected chi connectivity index (χ3v) is 4.32. The van der Waals surface area contributed by atoms with Gasteiger partial charge < -0.3 is 15.2 Å². The molecule has 1 aromatic heterocycles. The first-order valence-electron chi connectivity index (χ1n) is 9.02. The summed E-state index contributed by atoms with van der Waals surface area (Å²) in [6, 6.07) is 15.3. The number of fused-ring (bicyclic) bond motifs is 1. The monoisotopic (exact) mass is 364 g/mol. The third-order valence-electron chi connectivity index (χ3n) is 4.32. The van der Waals surface area contributed by atoms with Crippen molar-refractivity contribution in [2.75, 3.05) is 5.32 Å². The summed E-state index contributed by atoms with van der Waals surface area (Å²) in [4.78, 5) is 29.0. The molecule has 2 aromatic carbocycles. The second-order valence-electron chi connectivity index (χ2n) is 6.89. The minimum atomic E-state index is -0.140. The molecule has 6 heteroatoms. The van der Waals surface area contributed by atoms with E-state index in [9.17, 15) is 9.59 Å². The summed E-state index contributed by atoms with van der Waals surface area (Å²) in [6.07, 6.45) is 0. The zero-order valence-electron chi connectivity index (χ0n) is 15.8. The Morgan fingerprint density at radius 2 is 1.78 bits per heavy atom. The summed E-state index contributed by atoms with van der Waals surface area (Å²) < 4.78 is 1.85. The Morgan fingerprint density at radius 3 is 2.48 bits per heavy atom. The highest BCUT2D eigenvalue weighted by atomic mass is 16.2. The molecule has 0 aliphatic carbocycles. The van der Waals surface area contributed by atoms with Gasteiger partial charge in [-0.3, -0.25) is 9.59 Å². The number of rotatable bonds is 6. The molecule has 0 spiro atoms. The van der Waals surface area contributed by atoms with Crippen LogP contribution in [0.25, 0.3) is 11.0 Å².